The van der Waals surface area contributed by atoms with Crippen molar-refractivity contribution in [2.45, 2.75) is 26.2 Å². The molecule has 1 unspecified atom stereocenters. The SMILES string of the molecule is Cc1cc(C2CCNC2=O)ncc1C(=O)N1CCN(c2ncc(Br)cc2C)CC1. The fourth-order valence-electron chi connectivity index (χ4n) is 4.02. The lowest BCUT2D eigenvalue weighted by atomic mass is 10.00. The van der Waals surface area contributed by atoms with Gasteiger partial charge in [0, 0.05) is 49.6 Å². The van der Waals surface area contributed by atoms with E-state index in [-0.39, 0.29) is 17.7 Å². The van der Waals surface area contributed by atoms with E-state index >= 15 is 0 Å². The van der Waals surface area contributed by atoms with E-state index in [0.29, 0.717) is 25.2 Å². The zero-order valence-corrected chi connectivity index (χ0v) is 18.2. The van der Waals surface area contributed by atoms with Gasteiger partial charge in [-0.25, -0.2) is 4.98 Å². The van der Waals surface area contributed by atoms with Crippen molar-refractivity contribution in [2.24, 2.45) is 0 Å². The lowest BCUT2D eigenvalue weighted by molar-refractivity contribution is -0.120. The molecular weight excluding hydrogens is 434 g/mol. The molecule has 2 fully saturated rings. The molecular formula is C21H24BrN5O2. The Bertz CT molecular complexity index is 956. The summed E-state index contributed by atoms with van der Waals surface area (Å²) in [5, 5.41) is 2.83. The molecule has 2 aliphatic heterocycles. The summed E-state index contributed by atoms with van der Waals surface area (Å²) < 4.78 is 0.967. The highest BCUT2D eigenvalue weighted by Gasteiger charge is 2.29. The monoisotopic (exact) mass is 457 g/mol. The van der Waals surface area contributed by atoms with Crippen LogP contribution in [-0.4, -0.2) is 59.4 Å². The molecule has 29 heavy (non-hydrogen) atoms. The number of aryl methyl sites for hydroxylation is 2. The third-order valence-corrected chi connectivity index (χ3v) is 6.09. The number of nitrogens with one attached hydrogen (secondary N) is 1. The van der Waals surface area contributed by atoms with Crippen LogP contribution in [0.15, 0.2) is 29.0 Å². The van der Waals surface area contributed by atoms with E-state index in [4.69, 9.17) is 0 Å². The second-order valence-electron chi connectivity index (χ2n) is 7.63. The van der Waals surface area contributed by atoms with Gasteiger partial charge in [0.15, 0.2) is 0 Å². The van der Waals surface area contributed by atoms with Crippen molar-refractivity contribution in [2.75, 3.05) is 37.6 Å². The summed E-state index contributed by atoms with van der Waals surface area (Å²) in [6, 6.07) is 3.94. The Kier molecular flexibility index (Phi) is 5.54. The largest absolute Gasteiger partial charge is 0.355 e. The Morgan fingerprint density at radius 1 is 1.10 bits per heavy atom. The summed E-state index contributed by atoms with van der Waals surface area (Å²) in [4.78, 5) is 38.0. The maximum Gasteiger partial charge on any atom is 0.255 e. The molecule has 1 atom stereocenters. The quantitative estimate of drug-likeness (QED) is 0.765. The van der Waals surface area contributed by atoms with Gasteiger partial charge in [-0.1, -0.05) is 0 Å². The van der Waals surface area contributed by atoms with E-state index in [1.165, 1.54) is 0 Å². The van der Waals surface area contributed by atoms with Crippen LogP contribution < -0.4 is 10.2 Å². The Balaban J connectivity index is 1.43. The first-order valence-electron chi connectivity index (χ1n) is 9.84. The van der Waals surface area contributed by atoms with Crippen LogP contribution in [0, 0.1) is 13.8 Å². The van der Waals surface area contributed by atoms with Gasteiger partial charge < -0.3 is 15.1 Å². The zero-order chi connectivity index (χ0) is 20.5. The fraction of sp³-hybridized carbons (Fsp3) is 0.429. The van der Waals surface area contributed by atoms with Crippen LogP contribution in [0.4, 0.5) is 5.82 Å². The van der Waals surface area contributed by atoms with E-state index < -0.39 is 0 Å². The van der Waals surface area contributed by atoms with Crippen molar-refractivity contribution in [3.05, 3.63) is 51.4 Å². The number of amides is 2. The minimum atomic E-state index is -0.206. The van der Waals surface area contributed by atoms with Crippen molar-refractivity contribution in [3.8, 4) is 0 Å². The predicted molar refractivity (Wildman–Crippen MR) is 114 cm³/mol. The van der Waals surface area contributed by atoms with Crippen molar-refractivity contribution >= 4 is 33.6 Å². The molecule has 2 amide bonds. The normalized spacial score (nSPS) is 19.4. The molecule has 2 aliphatic rings. The number of carbonyl (C=O) groups is 2. The molecule has 8 heteroatoms. The molecule has 152 valence electrons. The van der Waals surface area contributed by atoms with E-state index in [9.17, 15) is 9.59 Å². The van der Waals surface area contributed by atoms with E-state index in [2.05, 4.69) is 42.2 Å². The average Bonchev–Trinajstić information content (AvgIpc) is 3.13. The number of carbonyl (C=O) groups excluding carboxylic acids is 2. The van der Waals surface area contributed by atoms with Crippen LogP contribution in [-0.2, 0) is 4.79 Å². The van der Waals surface area contributed by atoms with Gasteiger partial charge in [-0.15, -0.1) is 0 Å². The first-order valence-corrected chi connectivity index (χ1v) is 10.6. The minimum absolute atomic E-state index is 0.00226. The number of pyridine rings is 2. The number of aromatic nitrogens is 2. The Labute approximate surface area is 178 Å². The van der Waals surface area contributed by atoms with Crippen molar-refractivity contribution in [1.29, 1.82) is 0 Å². The molecule has 2 saturated heterocycles. The summed E-state index contributed by atoms with van der Waals surface area (Å²) in [5.41, 5.74) is 3.34. The Hall–Kier alpha value is -2.48. The highest BCUT2D eigenvalue weighted by Crippen LogP contribution is 2.25. The van der Waals surface area contributed by atoms with Gasteiger partial charge in [-0.05, 0) is 59.5 Å². The average molecular weight is 458 g/mol. The van der Waals surface area contributed by atoms with E-state index in [0.717, 1.165) is 46.6 Å². The van der Waals surface area contributed by atoms with Crippen LogP contribution in [0.2, 0.25) is 0 Å². The molecule has 7 nitrogen and oxygen atoms in total. The van der Waals surface area contributed by atoms with Crippen LogP contribution >= 0.6 is 15.9 Å². The third-order valence-electron chi connectivity index (χ3n) is 5.65. The zero-order valence-electron chi connectivity index (χ0n) is 16.6. The lowest BCUT2D eigenvalue weighted by Crippen LogP contribution is -2.49. The first-order chi connectivity index (χ1) is 13.9. The van der Waals surface area contributed by atoms with Gasteiger partial charge >= 0.3 is 0 Å². The molecule has 4 rings (SSSR count). The maximum atomic E-state index is 13.0. The summed E-state index contributed by atoms with van der Waals surface area (Å²) in [7, 11) is 0. The number of hydrogen-bond donors (Lipinski definition) is 1. The van der Waals surface area contributed by atoms with Gasteiger partial charge in [0.1, 0.15) is 5.82 Å². The highest BCUT2D eigenvalue weighted by atomic mass is 79.9. The van der Waals surface area contributed by atoms with Crippen LogP contribution in [0.25, 0.3) is 0 Å². The minimum Gasteiger partial charge on any atom is -0.355 e. The molecule has 2 aromatic heterocycles. The summed E-state index contributed by atoms with van der Waals surface area (Å²) in [6.45, 7) is 7.41. The lowest BCUT2D eigenvalue weighted by Gasteiger charge is -2.36. The van der Waals surface area contributed by atoms with Crippen LogP contribution in [0.1, 0.15) is 39.5 Å². The smallest absolute Gasteiger partial charge is 0.255 e. The number of hydrogen-bond acceptors (Lipinski definition) is 5. The molecule has 0 spiro atoms. The second kappa shape index (κ2) is 8.10. The molecule has 0 bridgehead atoms. The molecule has 0 radical (unpaired) electrons. The van der Waals surface area contributed by atoms with Gasteiger partial charge in [0.25, 0.3) is 5.91 Å². The first kappa shape index (κ1) is 19.8. The molecule has 0 saturated carbocycles. The highest BCUT2D eigenvalue weighted by molar-refractivity contribution is 9.10. The molecule has 0 aromatic carbocycles. The van der Waals surface area contributed by atoms with E-state index in [1.54, 1.807) is 12.4 Å². The third kappa shape index (κ3) is 3.99. The summed E-state index contributed by atoms with van der Waals surface area (Å²) in [6.07, 6.45) is 4.19. The number of rotatable bonds is 3. The van der Waals surface area contributed by atoms with Gasteiger partial charge in [-0.3, -0.25) is 14.6 Å². The summed E-state index contributed by atoms with van der Waals surface area (Å²) in [5.74, 6) is 0.780. The fourth-order valence-corrected chi connectivity index (χ4v) is 4.47. The Morgan fingerprint density at radius 2 is 1.86 bits per heavy atom. The van der Waals surface area contributed by atoms with Crippen LogP contribution in [0.3, 0.4) is 0 Å². The summed E-state index contributed by atoms with van der Waals surface area (Å²) >= 11 is 3.45. The second-order valence-corrected chi connectivity index (χ2v) is 8.55. The van der Waals surface area contributed by atoms with Crippen LogP contribution in [0.5, 0.6) is 0 Å². The maximum absolute atomic E-state index is 13.0. The van der Waals surface area contributed by atoms with Gasteiger partial charge in [-0.2, -0.15) is 0 Å². The molecule has 1 N–H and O–H groups in total. The number of nitrogens with zero attached hydrogens (tertiary/aromatic N) is 4. The van der Waals surface area contributed by atoms with Gasteiger partial charge in [0.2, 0.25) is 5.91 Å². The molecule has 0 aliphatic carbocycles. The number of piperazine rings is 1. The van der Waals surface area contributed by atoms with Crippen molar-refractivity contribution in [1.82, 2.24) is 20.2 Å². The topological polar surface area (TPSA) is 78.4 Å². The standard InChI is InChI=1S/C21H24BrN5O2/c1-13-10-18(16-3-4-23-20(16)28)24-12-17(13)21(29)27-7-5-26(6-8-27)19-14(2)9-15(22)11-25-19/h9-12,16H,3-8H2,1-2H3,(H,23,28). The number of halogens is 1. The Morgan fingerprint density at radius 3 is 2.48 bits per heavy atom. The molecule has 4 heterocycles. The van der Waals surface area contributed by atoms with E-state index in [1.807, 2.05) is 24.8 Å². The predicted octanol–water partition coefficient (Wildman–Crippen LogP) is 2.42. The van der Waals surface area contributed by atoms with Gasteiger partial charge in [0.05, 0.1) is 17.2 Å². The van der Waals surface area contributed by atoms with Crippen molar-refractivity contribution < 1.29 is 9.59 Å². The molecule has 2 aromatic rings. The van der Waals surface area contributed by atoms with Crippen molar-refractivity contribution in [3.63, 3.8) is 0 Å². The number of anilines is 1.